The first-order valence-corrected chi connectivity index (χ1v) is 12.1. The minimum atomic E-state index is -2.58. The molecule has 3 heteroatoms. The zero-order valence-electron chi connectivity index (χ0n) is 21.6. The molecule has 3 aromatic rings. The lowest BCUT2D eigenvalue weighted by molar-refractivity contribution is -0.672. The first-order valence-electron chi connectivity index (χ1n) is 12.6. The van der Waals surface area contributed by atoms with E-state index >= 15 is 0 Å². The zero-order chi connectivity index (χ0) is 24.5. The maximum atomic E-state index is 14.1. The topological polar surface area (TPSA) is 3.88 Å². The number of halogens is 2. The van der Waals surface area contributed by atoms with Crippen molar-refractivity contribution in [1.82, 2.24) is 0 Å². The van der Waals surface area contributed by atoms with E-state index in [0.29, 0.717) is 18.5 Å². The number of hydrogen-bond donors (Lipinski definition) is 0. The van der Waals surface area contributed by atoms with Crippen LogP contribution in [0.25, 0.3) is 21.9 Å². The highest BCUT2D eigenvalue weighted by molar-refractivity contribution is 6.16. The summed E-state index contributed by atoms with van der Waals surface area (Å²) < 4.78 is 39.0. The van der Waals surface area contributed by atoms with Gasteiger partial charge in [0.05, 0.1) is 11.0 Å². The summed E-state index contributed by atoms with van der Waals surface area (Å²) >= 11 is 0. The van der Waals surface area contributed by atoms with Crippen LogP contribution in [-0.2, 0) is 7.05 Å². The zero-order valence-corrected chi connectivity index (χ0v) is 20.6. The first-order chi connectivity index (χ1) is 16.0. The maximum absolute atomic E-state index is 14.1. The van der Waals surface area contributed by atoms with Crippen molar-refractivity contribution >= 4 is 21.9 Å². The number of rotatable bonds is 4. The van der Waals surface area contributed by atoms with E-state index < -0.39 is 5.92 Å². The van der Waals surface area contributed by atoms with Crippen LogP contribution in [-0.4, -0.2) is 5.92 Å². The third-order valence-electron chi connectivity index (χ3n) is 7.61. The molecule has 1 fully saturated rings. The summed E-state index contributed by atoms with van der Waals surface area (Å²) in [5.74, 6) is -2.26. The molecule has 0 N–H and O–H groups in total. The second-order valence-electron chi connectivity index (χ2n) is 10.7. The van der Waals surface area contributed by atoms with Gasteiger partial charge in [0, 0.05) is 18.9 Å². The molecule has 0 aliphatic heterocycles. The van der Waals surface area contributed by atoms with Gasteiger partial charge < -0.3 is 0 Å². The van der Waals surface area contributed by atoms with Gasteiger partial charge in [0.25, 0.3) is 0 Å². The molecule has 1 saturated carbocycles. The summed E-state index contributed by atoms with van der Waals surface area (Å²) in [6.07, 6.45) is 1.75. The Kier molecular flexibility index (Phi) is 4.94. The number of nitrogens with zero attached hydrogens (tertiary/aromatic N) is 1. The molecule has 1 heterocycles. The van der Waals surface area contributed by atoms with Crippen LogP contribution in [0.4, 0.5) is 8.78 Å². The minimum Gasteiger partial charge on any atom is -0.207 e. The number of aromatic nitrogens is 1. The fraction of sp³-hybridized carbons (Fsp3) is 0.433. The van der Waals surface area contributed by atoms with Gasteiger partial charge in [0.15, 0.2) is 6.17 Å². The molecule has 0 bridgehead atoms. The van der Waals surface area contributed by atoms with Crippen molar-refractivity contribution in [3.63, 3.8) is 0 Å². The van der Waals surface area contributed by atoms with E-state index in [9.17, 15) is 8.78 Å². The van der Waals surface area contributed by atoms with Crippen LogP contribution in [0, 0.1) is 26.7 Å². The average Bonchev–Trinajstić information content (AvgIpc) is 3.26. The van der Waals surface area contributed by atoms with E-state index in [-0.39, 0.29) is 18.8 Å². The standard InChI is InChI=1S/C30H34F2N/c1-17(2)11-25-26-15-23(22-7-9-30(31,32)16-22)14-21-8-10-33(6)29(27(21)26)28(25)24-13-18(3)12-19(4)20(24)5/h8,10,12-15,17,22H,7,9,11,16H2,1-6H3/q+1/i10D. The summed E-state index contributed by atoms with van der Waals surface area (Å²) in [6.45, 7) is 10.9. The summed E-state index contributed by atoms with van der Waals surface area (Å²) in [4.78, 5) is 0. The van der Waals surface area contributed by atoms with Gasteiger partial charge in [0.1, 0.15) is 8.42 Å². The molecular weight excluding hydrogens is 412 g/mol. The van der Waals surface area contributed by atoms with Gasteiger partial charge in [-0.1, -0.05) is 43.7 Å². The van der Waals surface area contributed by atoms with Gasteiger partial charge >= 0.3 is 0 Å². The highest BCUT2D eigenvalue weighted by Gasteiger charge is 2.41. The van der Waals surface area contributed by atoms with Crippen LogP contribution in [0.15, 0.2) is 36.5 Å². The van der Waals surface area contributed by atoms with Gasteiger partial charge in [-0.2, -0.15) is 0 Å². The smallest absolute Gasteiger partial charge is 0.207 e. The molecule has 0 saturated heterocycles. The average molecular weight is 448 g/mol. The monoisotopic (exact) mass is 447 g/mol. The Morgan fingerprint density at radius 3 is 2.55 bits per heavy atom. The Balaban J connectivity index is 1.85. The van der Waals surface area contributed by atoms with E-state index in [1.54, 1.807) is 0 Å². The highest BCUT2D eigenvalue weighted by atomic mass is 19.3. The predicted molar refractivity (Wildman–Crippen MR) is 133 cm³/mol. The molecule has 2 aromatic carbocycles. The number of alkyl halides is 2. The van der Waals surface area contributed by atoms with Crippen molar-refractivity contribution < 1.29 is 14.7 Å². The third kappa shape index (κ3) is 3.70. The molecule has 5 rings (SSSR count). The van der Waals surface area contributed by atoms with E-state index in [4.69, 9.17) is 1.37 Å². The lowest BCUT2D eigenvalue weighted by Crippen LogP contribution is -2.32. The molecule has 1 unspecified atom stereocenters. The molecule has 0 amide bonds. The number of allylic oxidation sites excluding steroid dienone is 1. The van der Waals surface area contributed by atoms with Gasteiger partial charge in [-0.25, -0.2) is 13.3 Å². The molecule has 0 radical (unpaired) electrons. The molecular formula is C30H34F2N+. The lowest BCUT2D eigenvalue weighted by Gasteiger charge is -2.16. The van der Waals surface area contributed by atoms with E-state index in [1.165, 1.54) is 39.0 Å². The largest absolute Gasteiger partial charge is 0.248 e. The Labute approximate surface area is 197 Å². The van der Waals surface area contributed by atoms with Crippen molar-refractivity contribution in [2.75, 3.05) is 0 Å². The van der Waals surface area contributed by atoms with Crippen LogP contribution < -0.4 is 4.57 Å². The van der Waals surface area contributed by atoms with Crippen LogP contribution in [0.5, 0.6) is 0 Å². The fourth-order valence-corrected chi connectivity index (χ4v) is 5.95. The van der Waals surface area contributed by atoms with Crippen LogP contribution >= 0.6 is 0 Å². The van der Waals surface area contributed by atoms with Gasteiger partial charge in [0.2, 0.25) is 11.6 Å². The highest BCUT2D eigenvalue weighted by Crippen LogP contribution is 2.50. The molecule has 1 aromatic heterocycles. The first kappa shape index (κ1) is 21.0. The van der Waals surface area contributed by atoms with Crippen molar-refractivity contribution in [1.29, 1.82) is 0 Å². The second-order valence-corrected chi connectivity index (χ2v) is 10.7. The number of hydrogen-bond acceptors (Lipinski definition) is 0. The Morgan fingerprint density at radius 2 is 1.88 bits per heavy atom. The molecule has 0 spiro atoms. The van der Waals surface area contributed by atoms with Crippen LogP contribution in [0.2, 0.25) is 0 Å². The van der Waals surface area contributed by atoms with E-state index in [1.807, 2.05) is 17.7 Å². The summed E-state index contributed by atoms with van der Waals surface area (Å²) in [5, 5.41) is 2.16. The Morgan fingerprint density at radius 1 is 1.12 bits per heavy atom. The molecule has 33 heavy (non-hydrogen) atoms. The van der Waals surface area contributed by atoms with Crippen molar-refractivity contribution in [2.45, 2.75) is 72.1 Å². The molecule has 172 valence electrons. The lowest BCUT2D eigenvalue weighted by atomic mass is 9.87. The molecule has 2 aliphatic carbocycles. The number of pyridine rings is 1. The Bertz CT molecular complexity index is 1370. The summed E-state index contributed by atoms with van der Waals surface area (Å²) in [7, 11) is 1.97. The van der Waals surface area contributed by atoms with Crippen molar-refractivity contribution in [3.05, 3.63) is 75.6 Å². The molecule has 2 aliphatic rings. The van der Waals surface area contributed by atoms with Crippen LogP contribution in [0.1, 0.15) is 85.9 Å². The maximum Gasteiger partial charge on any atom is 0.248 e. The molecule has 1 atom stereocenters. The number of aryl methyl sites for hydroxylation is 2. The van der Waals surface area contributed by atoms with Crippen molar-refractivity contribution in [2.24, 2.45) is 13.0 Å². The second kappa shape index (κ2) is 7.75. The summed E-state index contributed by atoms with van der Waals surface area (Å²) in [6, 6.07) is 10.7. The summed E-state index contributed by atoms with van der Waals surface area (Å²) in [5.41, 5.74) is 10.7. The van der Waals surface area contributed by atoms with Crippen molar-refractivity contribution in [3.8, 4) is 0 Å². The van der Waals surface area contributed by atoms with Gasteiger partial charge in [-0.05, 0) is 84.2 Å². The predicted octanol–water partition coefficient (Wildman–Crippen LogP) is 7.81. The minimum absolute atomic E-state index is 0.0363. The van der Waals surface area contributed by atoms with E-state index in [2.05, 4.69) is 58.9 Å². The third-order valence-corrected chi connectivity index (χ3v) is 7.61. The van der Waals surface area contributed by atoms with Gasteiger partial charge in [-0.15, -0.1) is 0 Å². The van der Waals surface area contributed by atoms with Gasteiger partial charge in [-0.3, -0.25) is 0 Å². The van der Waals surface area contributed by atoms with E-state index in [0.717, 1.165) is 28.5 Å². The fourth-order valence-electron chi connectivity index (χ4n) is 5.95. The SMILES string of the molecule is [2H]c1cc2cc(C3CCC(F)(F)C3)cc3c2c([n+]1C)C(c1cc(C)cc(C)c1C)=C3CC(C)C. The Hall–Kier alpha value is -2.55. The van der Waals surface area contributed by atoms with Crippen LogP contribution in [0.3, 0.4) is 0 Å². The number of benzene rings is 2. The molecule has 1 nitrogen and oxygen atoms in total. The normalized spacial score (nSPS) is 19.8. The quantitative estimate of drug-likeness (QED) is 0.359.